The zero-order chi connectivity index (χ0) is 14.0. The van der Waals surface area contributed by atoms with Crippen LogP contribution in [0.1, 0.15) is 11.5 Å². The number of imidazole rings is 1. The number of pyridine rings is 1. The van der Waals surface area contributed by atoms with Crippen molar-refractivity contribution in [2.24, 2.45) is 10.9 Å². The fourth-order valence-corrected chi connectivity index (χ4v) is 1.44. The van der Waals surface area contributed by atoms with Crippen molar-refractivity contribution < 1.29 is 18.4 Å². The fourth-order valence-electron chi connectivity index (χ4n) is 1.44. The smallest absolute Gasteiger partial charge is 0.409 e. The molecule has 0 aromatic carbocycles. The van der Waals surface area contributed by atoms with Crippen molar-refractivity contribution in [3.05, 3.63) is 42.1 Å². The summed E-state index contributed by atoms with van der Waals surface area (Å²) in [6, 6.07) is 3.41. The molecule has 0 aliphatic heterocycles. The van der Waals surface area contributed by atoms with Gasteiger partial charge < -0.3 is 10.9 Å². The van der Waals surface area contributed by atoms with Crippen molar-refractivity contribution in [3.8, 4) is 5.82 Å². The van der Waals surface area contributed by atoms with E-state index in [0.717, 1.165) is 6.07 Å². The summed E-state index contributed by atoms with van der Waals surface area (Å²) in [4.78, 5) is 7.25. The summed E-state index contributed by atoms with van der Waals surface area (Å²) in [6.45, 7) is 0. The van der Waals surface area contributed by atoms with Crippen LogP contribution in [0, 0.1) is 0 Å². The van der Waals surface area contributed by atoms with Gasteiger partial charge in [-0.1, -0.05) is 11.2 Å². The molecule has 6 nitrogen and oxygen atoms in total. The van der Waals surface area contributed by atoms with Crippen LogP contribution in [0.4, 0.5) is 13.2 Å². The van der Waals surface area contributed by atoms with Crippen LogP contribution in [0.2, 0.25) is 0 Å². The number of nitrogens with zero attached hydrogens (tertiary/aromatic N) is 4. The number of halogens is 3. The second-order valence-electron chi connectivity index (χ2n) is 3.48. The van der Waals surface area contributed by atoms with Crippen LogP contribution >= 0.6 is 0 Å². The van der Waals surface area contributed by atoms with Crippen LogP contribution < -0.4 is 5.73 Å². The predicted molar refractivity (Wildman–Crippen MR) is 58.9 cm³/mol. The third-order valence-electron chi connectivity index (χ3n) is 2.25. The van der Waals surface area contributed by atoms with Gasteiger partial charge in [0.05, 0.1) is 0 Å². The largest absolute Gasteiger partial charge is 0.433 e. The highest BCUT2D eigenvalue weighted by atomic mass is 19.4. The van der Waals surface area contributed by atoms with E-state index in [1.165, 1.54) is 29.1 Å². The molecule has 2 aromatic heterocycles. The second-order valence-corrected chi connectivity index (χ2v) is 3.48. The molecule has 2 rings (SSSR count). The summed E-state index contributed by atoms with van der Waals surface area (Å²) in [6.07, 6.45) is -1.89. The van der Waals surface area contributed by atoms with Gasteiger partial charge in [0.25, 0.3) is 0 Å². The van der Waals surface area contributed by atoms with Crippen LogP contribution in [0.15, 0.2) is 35.7 Å². The molecule has 9 heteroatoms. The van der Waals surface area contributed by atoms with E-state index in [0.29, 0.717) is 0 Å². The number of aromatic nitrogens is 3. The quantitative estimate of drug-likeness (QED) is 0.374. The van der Waals surface area contributed by atoms with Gasteiger partial charge in [0.1, 0.15) is 11.5 Å². The average molecular weight is 271 g/mol. The first kappa shape index (κ1) is 12.9. The van der Waals surface area contributed by atoms with Gasteiger partial charge in [0.2, 0.25) is 5.84 Å². The molecule has 0 amide bonds. The number of hydrogen-bond acceptors (Lipinski definition) is 4. The summed E-state index contributed by atoms with van der Waals surface area (Å²) in [5.41, 5.74) is 4.33. The first-order chi connectivity index (χ1) is 8.93. The first-order valence-electron chi connectivity index (χ1n) is 4.99. The minimum absolute atomic E-state index is 0.00526. The lowest BCUT2D eigenvalue weighted by molar-refractivity contribution is -0.141. The number of amidine groups is 1. The highest BCUT2D eigenvalue weighted by molar-refractivity contribution is 5.94. The van der Waals surface area contributed by atoms with Gasteiger partial charge >= 0.3 is 6.18 Å². The minimum Gasteiger partial charge on any atom is -0.409 e. The van der Waals surface area contributed by atoms with Gasteiger partial charge in [-0.15, -0.1) is 0 Å². The highest BCUT2D eigenvalue weighted by Crippen LogP contribution is 2.28. The fraction of sp³-hybridized carbons (Fsp3) is 0.100. The van der Waals surface area contributed by atoms with Gasteiger partial charge in [-0.2, -0.15) is 13.2 Å². The molecule has 0 bridgehead atoms. The normalized spacial score (nSPS) is 12.7. The van der Waals surface area contributed by atoms with E-state index in [1.54, 1.807) is 0 Å². The van der Waals surface area contributed by atoms with Gasteiger partial charge in [0.15, 0.2) is 5.82 Å². The molecule has 2 aromatic rings. The molecule has 3 N–H and O–H groups in total. The number of nitrogens with two attached hydrogens (primary N) is 1. The van der Waals surface area contributed by atoms with Crippen molar-refractivity contribution in [3.63, 3.8) is 0 Å². The molecule has 0 aliphatic rings. The number of rotatable bonds is 2. The maximum absolute atomic E-state index is 12.6. The van der Waals surface area contributed by atoms with Crippen molar-refractivity contribution >= 4 is 5.84 Å². The summed E-state index contributed by atoms with van der Waals surface area (Å²) >= 11 is 0. The summed E-state index contributed by atoms with van der Waals surface area (Å²) in [5, 5.41) is 11.3. The third-order valence-corrected chi connectivity index (χ3v) is 2.25. The highest BCUT2D eigenvalue weighted by Gasteiger charge is 2.32. The van der Waals surface area contributed by atoms with Gasteiger partial charge in [-0.05, 0) is 12.1 Å². The lowest BCUT2D eigenvalue weighted by Crippen LogP contribution is -2.20. The molecule has 0 saturated heterocycles. The average Bonchev–Trinajstić information content (AvgIpc) is 2.86. The van der Waals surface area contributed by atoms with Gasteiger partial charge in [0, 0.05) is 12.4 Å². The van der Waals surface area contributed by atoms with Crippen LogP contribution in [0.25, 0.3) is 5.82 Å². The number of oxime groups is 1. The van der Waals surface area contributed by atoms with E-state index in [-0.39, 0.29) is 17.5 Å². The third kappa shape index (κ3) is 2.49. The molecule has 2 heterocycles. The standard InChI is InChI=1S/C10H8F3N5O/c11-10(12,13)6-2-1-3-7(16-6)18-5-4-15-9(18)8(14)17-19/h1-5,19H,(H2,14,17). The Hall–Kier alpha value is -2.58. The molecule has 0 saturated carbocycles. The zero-order valence-electron chi connectivity index (χ0n) is 9.33. The summed E-state index contributed by atoms with van der Waals surface area (Å²) in [7, 11) is 0. The Kier molecular flexibility index (Phi) is 3.11. The van der Waals surface area contributed by atoms with Crippen LogP contribution in [-0.2, 0) is 6.18 Å². The van der Waals surface area contributed by atoms with Crippen molar-refractivity contribution in [2.45, 2.75) is 6.18 Å². The van der Waals surface area contributed by atoms with Crippen molar-refractivity contribution in [1.82, 2.24) is 14.5 Å². The van der Waals surface area contributed by atoms with Crippen molar-refractivity contribution in [1.29, 1.82) is 0 Å². The van der Waals surface area contributed by atoms with Gasteiger partial charge in [-0.25, -0.2) is 9.97 Å². The Morgan fingerprint density at radius 2 is 2.11 bits per heavy atom. The van der Waals surface area contributed by atoms with Crippen LogP contribution in [0.3, 0.4) is 0 Å². The minimum atomic E-state index is -4.55. The Bertz CT molecular complexity index is 620. The van der Waals surface area contributed by atoms with Gasteiger partial charge in [-0.3, -0.25) is 4.57 Å². The molecule has 0 aliphatic carbocycles. The van der Waals surface area contributed by atoms with E-state index in [2.05, 4.69) is 15.1 Å². The lowest BCUT2D eigenvalue weighted by Gasteiger charge is -2.09. The van der Waals surface area contributed by atoms with E-state index in [9.17, 15) is 13.2 Å². The van der Waals surface area contributed by atoms with E-state index in [4.69, 9.17) is 10.9 Å². The monoisotopic (exact) mass is 271 g/mol. The van der Waals surface area contributed by atoms with E-state index in [1.807, 2.05) is 0 Å². The zero-order valence-corrected chi connectivity index (χ0v) is 9.33. The molecule has 0 atom stereocenters. The molecular formula is C10H8F3N5O. The summed E-state index contributed by atoms with van der Waals surface area (Å²) in [5.74, 6) is -0.368. The number of hydrogen-bond donors (Lipinski definition) is 2. The topological polar surface area (TPSA) is 89.3 Å². The predicted octanol–water partition coefficient (Wildman–Crippen LogP) is 1.38. The molecule has 0 fully saturated rings. The molecule has 0 radical (unpaired) electrons. The first-order valence-corrected chi connectivity index (χ1v) is 4.99. The molecule has 0 spiro atoms. The SMILES string of the molecule is NC(=NO)c1nccn1-c1cccc(C(F)(F)F)n1. The number of alkyl halides is 3. The Balaban J connectivity index is 2.52. The maximum atomic E-state index is 12.6. The molecule has 0 unspecified atom stereocenters. The van der Waals surface area contributed by atoms with Crippen LogP contribution in [0.5, 0.6) is 0 Å². The van der Waals surface area contributed by atoms with E-state index >= 15 is 0 Å². The second kappa shape index (κ2) is 4.59. The Labute approximate surface area is 105 Å². The maximum Gasteiger partial charge on any atom is 0.433 e. The molecule has 19 heavy (non-hydrogen) atoms. The lowest BCUT2D eigenvalue weighted by atomic mass is 10.3. The molecular weight excluding hydrogens is 263 g/mol. The summed E-state index contributed by atoms with van der Waals surface area (Å²) < 4.78 is 38.9. The van der Waals surface area contributed by atoms with E-state index < -0.39 is 11.9 Å². The van der Waals surface area contributed by atoms with Crippen molar-refractivity contribution in [2.75, 3.05) is 0 Å². The Morgan fingerprint density at radius 1 is 1.37 bits per heavy atom. The van der Waals surface area contributed by atoms with Crippen LogP contribution in [-0.4, -0.2) is 25.6 Å². The Morgan fingerprint density at radius 3 is 2.74 bits per heavy atom. The molecule has 100 valence electrons.